The highest BCUT2D eigenvalue weighted by Gasteiger charge is 2.27. The molecule has 10 heteroatoms. The second-order valence-electron chi connectivity index (χ2n) is 6.71. The molecule has 1 N–H and O–H groups in total. The maximum atomic E-state index is 13.0. The number of nitrogens with one attached hydrogen (secondary N) is 1. The van der Waals surface area contributed by atoms with E-state index in [1.54, 1.807) is 22.7 Å². The largest absolute Gasteiger partial charge is 0.493 e. The third-order valence-electron chi connectivity index (χ3n) is 4.60. The number of hydrogen-bond acceptors (Lipinski definition) is 7. The maximum absolute atomic E-state index is 13.0. The molecule has 2 aromatic rings. The summed E-state index contributed by atoms with van der Waals surface area (Å²) in [5.41, 5.74) is 0.854. The summed E-state index contributed by atoms with van der Waals surface area (Å²) in [7, 11) is 0.446. The number of ether oxygens (including phenoxy) is 3. The number of fused-ring (bicyclic) bond motifs is 1. The first kappa shape index (κ1) is 22.1. The van der Waals surface area contributed by atoms with E-state index in [2.05, 4.69) is 4.72 Å². The average Bonchev–Trinajstić information content (AvgIpc) is 2.71. The van der Waals surface area contributed by atoms with Gasteiger partial charge in [0.15, 0.2) is 11.5 Å². The number of thioether (sulfide) groups is 1. The molecule has 0 aromatic heterocycles. The summed E-state index contributed by atoms with van der Waals surface area (Å²) >= 11 is 1.61. The number of methoxy groups -OCH3 is 3. The zero-order chi connectivity index (χ0) is 22.1. The van der Waals surface area contributed by atoms with Gasteiger partial charge in [-0.2, -0.15) is 0 Å². The molecule has 0 bridgehead atoms. The van der Waals surface area contributed by atoms with E-state index in [0.29, 0.717) is 29.5 Å². The van der Waals surface area contributed by atoms with Crippen LogP contribution in [0.4, 0.5) is 11.4 Å². The highest BCUT2D eigenvalue weighted by atomic mass is 32.2. The quantitative estimate of drug-likeness (QED) is 0.718. The Morgan fingerprint density at radius 2 is 1.73 bits per heavy atom. The van der Waals surface area contributed by atoms with Crippen molar-refractivity contribution in [2.45, 2.75) is 28.9 Å². The molecule has 2 aromatic carbocycles. The molecule has 0 saturated heterocycles. The number of hydrogen-bond donors (Lipinski definition) is 1. The summed E-state index contributed by atoms with van der Waals surface area (Å²) in [6.45, 7) is 4.03. The number of rotatable bonds is 6. The second-order valence-corrected chi connectivity index (χ2v) is 9.87. The van der Waals surface area contributed by atoms with Crippen LogP contribution in [0.5, 0.6) is 17.2 Å². The van der Waals surface area contributed by atoms with Gasteiger partial charge in [0.2, 0.25) is 11.7 Å². The highest BCUT2D eigenvalue weighted by Crippen LogP contribution is 2.42. The van der Waals surface area contributed by atoms with Crippen molar-refractivity contribution in [3.63, 3.8) is 0 Å². The number of carbonyl (C=O) groups excluding carboxylic acids is 1. The van der Waals surface area contributed by atoms with Crippen molar-refractivity contribution in [2.75, 3.05) is 37.5 Å². The predicted octanol–water partition coefficient (Wildman–Crippen LogP) is 3.36. The fourth-order valence-corrected chi connectivity index (χ4v) is 5.39. The molecule has 30 heavy (non-hydrogen) atoms. The molecule has 1 aliphatic heterocycles. The Labute approximate surface area is 180 Å². The van der Waals surface area contributed by atoms with Gasteiger partial charge in [-0.3, -0.25) is 9.52 Å². The number of carbonyl (C=O) groups is 1. The first-order valence-electron chi connectivity index (χ1n) is 9.11. The van der Waals surface area contributed by atoms with Crippen LogP contribution < -0.4 is 23.8 Å². The first-order valence-corrected chi connectivity index (χ1v) is 11.5. The molecule has 8 nitrogen and oxygen atoms in total. The normalized spacial score (nSPS) is 15.9. The van der Waals surface area contributed by atoms with E-state index < -0.39 is 10.0 Å². The lowest BCUT2D eigenvalue weighted by Crippen LogP contribution is -2.37. The summed E-state index contributed by atoms with van der Waals surface area (Å²) in [6.07, 6.45) is 0. The predicted molar refractivity (Wildman–Crippen MR) is 117 cm³/mol. The highest BCUT2D eigenvalue weighted by molar-refractivity contribution is 8.00. The van der Waals surface area contributed by atoms with E-state index in [4.69, 9.17) is 14.2 Å². The van der Waals surface area contributed by atoms with Crippen molar-refractivity contribution in [2.24, 2.45) is 0 Å². The van der Waals surface area contributed by atoms with E-state index in [-0.39, 0.29) is 21.7 Å². The first-order chi connectivity index (χ1) is 14.2. The van der Waals surface area contributed by atoms with Crippen LogP contribution in [-0.4, -0.2) is 47.4 Å². The van der Waals surface area contributed by atoms with Crippen LogP contribution >= 0.6 is 11.8 Å². The molecule has 0 saturated carbocycles. The Morgan fingerprint density at radius 3 is 2.27 bits per heavy atom. The molecule has 0 aliphatic carbocycles. The molecule has 0 spiro atoms. The minimum absolute atomic E-state index is 0.0522. The van der Waals surface area contributed by atoms with Gasteiger partial charge in [-0.05, 0) is 18.2 Å². The summed E-state index contributed by atoms with van der Waals surface area (Å²) in [4.78, 5) is 14.6. The molecule has 1 aliphatic rings. The van der Waals surface area contributed by atoms with E-state index in [1.807, 2.05) is 6.92 Å². The molecule has 1 amide bonds. The van der Waals surface area contributed by atoms with E-state index >= 15 is 0 Å². The number of benzene rings is 2. The van der Waals surface area contributed by atoms with Gasteiger partial charge in [0, 0.05) is 35.7 Å². The van der Waals surface area contributed by atoms with Crippen molar-refractivity contribution in [1.82, 2.24) is 0 Å². The van der Waals surface area contributed by atoms with Gasteiger partial charge in [-0.25, -0.2) is 8.42 Å². The zero-order valence-electron chi connectivity index (χ0n) is 17.4. The third kappa shape index (κ3) is 4.29. The van der Waals surface area contributed by atoms with Crippen LogP contribution in [0.1, 0.15) is 13.8 Å². The topological polar surface area (TPSA) is 94.2 Å². The lowest BCUT2D eigenvalue weighted by atomic mass is 10.2. The van der Waals surface area contributed by atoms with Crippen molar-refractivity contribution in [3.8, 4) is 17.2 Å². The molecular formula is C20H24N2O6S2. The molecule has 1 atom stereocenters. The number of nitrogens with zero attached hydrogens (tertiary/aromatic N) is 1. The van der Waals surface area contributed by atoms with Crippen LogP contribution in [0.25, 0.3) is 0 Å². The van der Waals surface area contributed by atoms with Crippen molar-refractivity contribution >= 4 is 39.1 Å². The fourth-order valence-electron chi connectivity index (χ4n) is 3.24. The van der Waals surface area contributed by atoms with Crippen LogP contribution in [0.2, 0.25) is 0 Å². The SMILES string of the molecule is COc1cc(NS(=O)(=O)c2ccc3c(c2)N(C(C)=O)C[C@@H](C)S3)cc(OC)c1OC. The molecular weight excluding hydrogens is 428 g/mol. The van der Waals surface area contributed by atoms with Crippen molar-refractivity contribution < 1.29 is 27.4 Å². The van der Waals surface area contributed by atoms with Gasteiger partial charge in [0.05, 0.1) is 37.6 Å². The molecule has 0 unspecified atom stereocenters. The van der Waals surface area contributed by atoms with Crippen molar-refractivity contribution in [1.29, 1.82) is 0 Å². The molecule has 162 valence electrons. The number of anilines is 2. The minimum Gasteiger partial charge on any atom is -0.493 e. The summed E-state index contributed by atoms with van der Waals surface area (Å²) in [5, 5.41) is 0.223. The second kappa shape index (κ2) is 8.65. The lowest BCUT2D eigenvalue weighted by molar-refractivity contribution is -0.116. The van der Waals surface area contributed by atoms with E-state index in [1.165, 1.54) is 52.5 Å². The lowest BCUT2D eigenvalue weighted by Gasteiger charge is -2.32. The Balaban J connectivity index is 1.99. The number of amides is 1. The van der Waals surface area contributed by atoms with Crippen LogP contribution in [0.3, 0.4) is 0 Å². The van der Waals surface area contributed by atoms with Gasteiger partial charge in [0.1, 0.15) is 0 Å². The summed E-state index contributed by atoms with van der Waals surface area (Å²) < 4.78 is 44.5. The Morgan fingerprint density at radius 1 is 1.10 bits per heavy atom. The van der Waals surface area contributed by atoms with Gasteiger partial charge < -0.3 is 19.1 Å². The van der Waals surface area contributed by atoms with Gasteiger partial charge in [-0.15, -0.1) is 11.8 Å². The molecule has 0 radical (unpaired) electrons. The van der Waals surface area contributed by atoms with Crippen LogP contribution in [0, 0.1) is 0 Å². The van der Waals surface area contributed by atoms with Gasteiger partial charge >= 0.3 is 0 Å². The average molecular weight is 453 g/mol. The van der Waals surface area contributed by atoms with Crippen LogP contribution in [0.15, 0.2) is 40.1 Å². The summed E-state index contributed by atoms with van der Waals surface area (Å²) in [6, 6.07) is 7.81. The Hall–Kier alpha value is -2.59. The maximum Gasteiger partial charge on any atom is 0.261 e. The smallest absolute Gasteiger partial charge is 0.261 e. The van der Waals surface area contributed by atoms with Crippen LogP contribution in [-0.2, 0) is 14.8 Å². The third-order valence-corrected chi connectivity index (χ3v) is 7.13. The molecule has 3 rings (SSSR count). The Kier molecular flexibility index (Phi) is 6.37. The van der Waals surface area contributed by atoms with Gasteiger partial charge in [0.25, 0.3) is 10.0 Å². The zero-order valence-corrected chi connectivity index (χ0v) is 19.0. The Bertz CT molecular complexity index is 1050. The fraction of sp³-hybridized carbons (Fsp3) is 0.350. The summed E-state index contributed by atoms with van der Waals surface area (Å²) in [5.74, 6) is 0.886. The molecule has 0 fully saturated rings. The molecule has 1 heterocycles. The van der Waals surface area contributed by atoms with Gasteiger partial charge in [-0.1, -0.05) is 6.92 Å². The van der Waals surface area contributed by atoms with E-state index in [9.17, 15) is 13.2 Å². The monoisotopic (exact) mass is 452 g/mol. The van der Waals surface area contributed by atoms with Crippen molar-refractivity contribution in [3.05, 3.63) is 30.3 Å². The standard InChI is InChI=1S/C20H24N2O6S2/c1-12-11-22(13(2)23)16-10-15(6-7-19(16)29-12)30(24,25)21-14-8-17(26-3)20(28-5)18(9-14)27-4/h6-10,12,21H,11H2,1-5H3/t12-/m1/s1. The number of sulfonamides is 1. The van der Waals surface area contributed by atoms with E-state index in [0.717, 1.165) is 4.90 Å². The minimum atomic E-state index is -3.93.